The number of nitrogens with zero attached hydrogens (tertiary/aromatic N) is 2. The first-order valence-corrected chi connectivity index (χ1v) is 13.0. The largest absolute Gasteiger partial charge is 0.353 e. The number of imide groups is 1. The molecule has 0 unspecified atom stereocenters. The molecule has 8 nitrogen and oxygen atoms in total. The lowest BCUT2D eigenvalue weighted by Gasteiger charge is -2.13. The Balaban J connectivity index is 1.25. The second-order valence-electron chi connectivity index (χ2n) is 8.26. The zero-order valence-electron chi connectivity index (χ0n) is 18.7. The molecular formula is C25H22N4O4S2. The van der Waals surface area contributed by atoms with E-state index in [2.05, 4.69) is 15.6 Å². The number of benzene rings is 2. The van der Waals surface area contributed by atoms with E-state index in [4.69, 9.17) is 0 Å². The first-order valence-electron chi connectivity index (χ1n) is 11.2. The van der Waals surface area contributed by atoms with Crippen molar-refractivity contribution in [2.24, 2.45) is 0 Å². The molecular weight excluding hydrogens is 484 g/mol. The number of hydrogen-bond acceptors (Lipinski definition) is 7. The molecule has 4 amide bonds. The summed E-state index contributed by atoms with van der Waals surface area (Å²) < 4.78 is 0.672. The van der Waals surface area contributed by atoms with Crippen LogP contribution in [0.15, 0.2) is 58.9 Å². The molecule has 2 heterocycles. The van der Waals surface area contributed by atoms with Gasteiger partial charge in [-0.15, -0.1) is 0 Å². The number of thioether (sulfide) groups is 1. The molecule has 35 heavy (non-hydrogen) atoms. The van der Waals surface area contributed by atoms with Crippen molar-refractivity contribution in [1.29, 1.82) is 0 Å². The molecule has 0 radical (unpaired) electrons. The molecule has 10 heteroatoms. The highest BCUT2D eigenvalue weighted by molar-refractivity contribution is 8.01. The highest BCUT2D eigenvalue weighted by Crippen LogP contribution is 2.37. The molecule has 2 N–H and O–H groups in total. The van der Waals surface area contributed by atoms with Gasteiger partial charge in [0.2, 0.25) is 11.8 Å². The number of anilines is 1. The predicted octanol–water partition coefficient (Wildman–Crippen LogP) is 3.81. The van der Waals surface area contributed by atoms with E-state index >= 15 is 0 Å². The monoisotopic (exact) mass is 506 g/mol. The molecule has 1 aliphatic heterocycles. The van der Waals surface area contributed by atoms with Crippen LogP contribution in [0.3, 0.4) is 0 Å². The SMILES string of the molecule is O=C(CCN1C(=O)c2ccccc2C1=O)Nc1sc(SCC(=O)NC2CC2)nc1-c1ccccc1. The average Bonchev–Trinajstić information content (AvgIpc) is 3.54. The maximum Gasteiger partial charge on any atom is 0.261 e. The fourth-order valence-corrected chi connectivity index (χ4v) is 5.60. The maximum atomic E-state index is 12.8. The van der Waals surface area contributed by atoms with Gasteiger partial charge in [-0.25, -0.2) is 4.98 Å². The predicted molar refractivity (Wildman–Crippen MR) is 134 cm³/mol. The number of carbonyl (C=O) groups excluding carboxylic acids is 4. The maximum absolute atomic E-state index is 12.8. The van der Waals surface area contributed by atoms with Crippen LogP contribution in [0, 0.1) is 0 Å². The zero-order valence-corrected chi connectivity index (χ0v) is 20.3. The number of aromatic nitrogens is 1. The molecule has 0 bridgehead atoms. The minimum Gasteiger partial charge on any atom is -0.353 e. The van der Waals surface area contributed by atoms with Crippen molar-refractivity contribution in [2.75, 3.05) is 17.6 Å². The summed E-state index contributed by atoms with van der Waals surface area (Å²) in [5.41, 5.74) is 2.18. The summed E-state index contributed by atoms with van der Waals surface area (Å²) in [6.45, 7) is -0.0133. The van der Waals surface area contributed by atoms with E-state index in [1.165, 1.54) is 23.1 Å². The molecule has 0 atom stereocenters. The summed E-state index contributed by atoms with van der Waals surface area (Å²) in [6, 6.07) is 16.4. The molecule has 5 rings (SSSR count). The number of nitrogens with one attached hydrogen (secondary N) is 2. The Morgan fingerprint density at radius 1 is 0.971 bits per heavy atom. The van der Waals surface area contributed by atoms with Crippen molar-refractivity contribution < 1.29 is 19.2 Å². The summed E-state index contributed by atoms with van der Waals surface area (Å²) in [7, 11) is 0. The van der Waals surface area contributed by atoms with E-state index in [1.54, 1.807) is 24.3 Å². The molecule has 0 saturated heterocycles. The Labute approximate surface area is 210 Å². The number of thiazole rings is 1. The van der Waals surface area contributed by atoms with Crippen molar-refractivity contribution in [3.8, 4) is 11.3 Å². The lowest BCUT2D eigenvalue weighted by Crippen LogP contribution is -2.32. The van der Waals surface area contributed by atoms with Crippen molar-refractivity contribution in [3.05, 3.63) is 65.7 Å². The summed E-state index contributed by atoms with van der Waals surface area (Å²) in [5, 5.41) is 6.41. The minimum atomic E-state index is -0.385. The second-order valence-corrected chi connectivity index (χ2v) is 10.5. The Hall–Kier alpha value is -3.50. The number of carbonyl (C=O) groups is 4. The third-order valence-electron chi connectivity index (χ3n) is 5.62. The number of hydrogen-bond donors (Lipinski definition) is 2. The van der Waals surface area contributed by atoms with Gasteiger partial charge in [0.25, 0.3) is 11.8 Å². The fraction of sp³-hybridized carbons (Fsp3) is 0.240. The average molecular weight is 507 g/mol. The summed E-state index contributed by atoms with van der Waals surface area (Å²) in [4.78, 5) is 55.7. The molecule has 1 aliphatic carbocycles. The van der Waals surface area contributed by atoms with E-state index in [1.807, 2.05) is 30.3 Å². The highest BCUT2D eigenvalue weighted by Gasteiger charge is 2.35. The van der Waals surface area contributed by atoms with E-state index in [0.29, 0.717) is 32.2 Å². The van der Waals surface area contributed by atoms with Crippen LogP contribution >= 0.6 is 23.1 Å². The summed E-state index contributed by atoms with van der Waals surface area (Å²) in [6.07, 6.45) is 2.02. The van der Waals surface area contributed by atoms with Crippen molar-refractivity contribution >= 4 is 51.7 Å². The van der Waals surface area contributed by atoms with Crippen LogP contribution in [-0.2, 0) is 9.59 Å². The van der Waals surface area contributed by atoms with Crippen LogP contribution in [0.4, 0.5) is 5.00 Å². The van der Waals surface area contributed by atoms with Gasteiger partial charge in [0, 0.05) is 24.6 Å². The van der Waals surface area contributed by atoms with E-state index in [-0.39, 0.29) is 42.3 Å². The van der Waals surface area contributed by atoms with Crippen LogP contribution in [0.2, 0.25) is 0 Å². The summed E-state index contributed by atoms with van der Waals surface area (Å²) >= 11 is 2.63. The standard InChI is InChI=1S/C25H22N4O4S2/c30-19(12-13-29-23(32)17-8-4-5-9-18(17)24(29)33)27-22-21(15-6-2-1-3-7-15)28-25(35-22)34-14-20(31)26-16-10-11-16/h1-9,16H,10-14H2,(H,26,31)(H,27,30). The molecule has 1 fully saturated rings. The Morgan fingerprint density at radius 3 is 2.29 bits per heavy atom. The van der Waals surface area contributed by atoms with Crippen LogP contribution in [-0.4, -0.2) is 51.9 Å². The van der Waals surface area contributed by atoms with E-state index in [9.17, 15) is 19.2 Å². The van der Waals surface area contributed by atoms with Gasteiger partial charge >= 0.3 is 0 Å². The molecule has 1 saturated carbocycles. The zero-order chi connectivity index (χ0) is 24.4. The number of amides is 4. The van der Waals surface area contributed by atoms with Crippen LogP contribution in [0.1, 0.15) is 40.0 Å². The molecule has 178 valence electrons. The van der Waals surface area contributed by atoms with Gasteiger partial charge in [0.1, 0.15) is 10.7 Å². The molecule has 2 aliphatic rings. The van der Waals surface area contributed by atoms with E-state index < -0.39 is 0 Å². The van der Waals surface area contributed by atoms with Crippen molar-refractivity contribution in [2.45, 2.75) is 29.6 Å². The minimum absolute atomic E-state index is 0.0133. The van der Waals surface area contributed by atoms with Gasteiger partial charge < -0.3 is 10.6 Å². The van der Waals surface area contributed by atoms with Gasteiger partial charge in [0.15, 0.2) is 4.34 Å². The number of fused-ring (bicyclic) bond motifs is 1. The Bertz CT molecular complexity index is 1270. The number of rotatable bonds is 9. The summed E-state index contributed by atoms with van der Waals surface area (Å²) in [5.74, 6) is -0.870. The van der Waals surface area contributed by atoms with Crippen LogP contribution in [0.5, 0.6) is 0 Å². The fourth-order valence-electron chi connectivity index (χ4n) is 3.71. The Morgan fingerprint density at radius 2 is 1.63 bits per heavy atom. The van der Waals surface area contributed by atoms with E-state index in [0.717, 1.165) is 23.3 Å². The smallest absolute Gasteiger partial charge is 0.261 e. The van der Waals surface area contributed by atoms with Gasteiger partial charge in [-0.05, 0) is 25.0 Å². The molecule has 2 aromatic carbocycles. The van der Waals surface area contributed by atoms with Crippen molar-refractivity contribution in [1.82, 2.24) is 15.2 Å². The van der Waals surface area contributed by atoms with Crippen molar-refractivity contribution in [3.63, 3.8) is 0 Å². The van der Waals surface area contributed by atoms with Crippen LogP contribution < -0.4 is 10.6 Å². The van der Waals surface area contributed by atoms with Gasteiger partial charge in [-0.2, -0.15) is 0 Å². The van der Waals surface area contributed by atoms with Gasteiger partial charge in [0.05, 0.1) is 16.9 Å². The lowest BCUT2D eigenvalue weighted by atomic mass is 10.1. The first-order chi connectivity index (χ1) is 17.0. The topological polar surface area (TPSA) is 108 Å². The van der Waals surface area contributed by atoms with Gasteiger partial charge in [-0.3, -0.25) is 24.1 Å². The second kappa shape index (κ2) is 10.0. The van der Waals surface area contributed by atoms with Gasteiger partial charge in [-0.1, -0.05) is 65.6 Å². The molecule has 1 aromatic heterocycles. The first kappa shape index (κ1) is 23.3. The highest BCUT2D eigenvalue weighted by atomic mass is 32.2. The molecule has 3 aromatic rings. The third kappa shape index (κ3) is 5.28. The third-order valence-corrected chi connectivity index (χ3v) is 7.73. The quantitative estimate of drug-likeness (QED) is 0.338. The molecule has 0 spiro atoms. The van der Waals surface area contributed by atoms with Crippen LogP contribution in [0.25, 0.3) is 11.3 Å². The normalized spacial score (nSPS) is 14.7. The lowest BCUT2D eigenvalue weighted by molar-refractivity contribution is -0.118. The Kier molecular flexibility index (Phi) is 6.65.